The lowest BCUT2D eigenvalue weighted by Gasteiger charge is -2.26. The van der Waals surface area contributed by atoms with E-state index in [-0.39, 0.29) is 17.9 Å². The van der Waals surface area contributed by atoms with Crippen LogP contribution in [0.25, 0.3) is 0 Å². The normalized spacial score (nSPS) is 18.6. The molecular formula is C21H22ClNO4. The molecule has 0 unspecified atom stereocenters. The molecule has 2 heterocycles. The van der Waals surface area contributed by atoms with Crippen LogP contribution in [0.4, 0.5) is 0 Å². The van der Waals surface area contributed by atoms with Crippen molar-refractivity contribution in [3.05, 3.63) is 52.5 Å². The van der Waals surface area contributed by atoms with Crippen molar-refractivity contribution >= 4 is 17.5 Å². The fourth-order valence-corrected chi connectivity index (χ4v) is 3.69. The second kappa shape index (κ2) is 7.31. The number of benzene rings is 2. The molecule has 4 rings (SSSR count). The number of hydrogen-bond acceptors (Lipinski definition) is 4. The van der Waals surface area contributed by atoms with Gasteiger partial charge in [0, 0.05) is 11.4 Å². The van der Waals surface area contributed by atoms with Gasteiger partial charge in [-0.1, -0.05) is 31.5 Å². The van der Waals surface area contributed by atoms with E-state index in [0.717, 1.165) is 28.4 Å². The van der Waals surface area contributed by atoms with Gasteiger partial charge in [0.15, 0.2) is 17.6 Å². The molecule has 2 atom stereocenters. The minimum atomic E-state index is -0.545. The summed E-state index contributed by atoms with van der Waals surface area (Å²) < 4.78 is 17.1. The molecule has 142 valence electrons. The van der Waals surface area contributed by atoms with Crippen LogP contribution in [-0.4, -0.2) is 25.2 Å². The maximum atomic E-state index is 12.9. The van der Waals surface area contributed by atoms with Gasteiger partial charge >= 0.3 is 0 Å². The highest BCUT2D eigenvalue weighted by Gasteiger charge is 2.31. The van der Waals surface area contributed by atoms with Crippen LogP contribution in [0.5, 0.6) is 17.2 Å². The monoisotopic (exact) mass is 387 g/mol. The number of carbonyl (C=O) groups is 1. The van der Waals surface area contributed by atoms with Crippen molar-refractivity contribution in [3.63, 3.8) is 0 Å². The SMILES string of the molecule is CC(C)[C@H](NC(=O)[C@H]1Cc2cc(Cl)ccc2O1)c1ccc2c(c1)OCCO2. The van der Waals surface area contributed by atoms with Gasteiger partial charge in [-0.25, -0.2) is 0 Å². The van der Waals surface area contributed by atoms with Gasteiger partial charge in [0.25, 0.3) is 5.91 Å². The van der Waals surface area contributed by atoms with Crippen molar-refractivity contribution in [2.45, 2.75) is 32.4 Å². The highest BCUT2D eigenvalue weighted by atomic mass is 35.5. The molecule has 6 heteroatoms. The minimum absolute atomic E-state index is 0.129. The maximum Gasteiger partial charge on any atom is 0.261 e. The number of amides is 1. The maximum absolute atomic E-state index is 12.9. The van der Waals surface area contributed by atoms with E-state index >= 15 is 0 Å². The zero-order valence-electron chi connectivity index (χ0n) is 15.3. The third kappa shape index (κ3) is 3.69. The van der Waals surface area contributed by atoms with E-state index in [1.165, 1.54) is 0 Å². The van der Waals surface area contributed by atoms with E-state index in [1.54, 1.807) is 6.07 Å². The van der Waals surface area contributed by atoms with Gasteiger partial charge in [0.05, 0.1) is 6.04 Å². The lowest BCUT2D eigenvalue weighted by molar-refractivity contribution is -0.128. The number of nitrogens with one attached hydrogen (secondary N) is 1. The lowest BCUT2D eigenvalue weighted by atomic mass is 9.95. The zero-order valence-corrected chi connectivity index (χ0v) is 16.1. The molecule has 0 aliphatic carbocycles. The highest BCUT2D eigenvalue weighted by Crippen LogP contribution is 2.35. The summed E-state index contributed by atoms with van der Waals surface area (Å²) >= 11 is 6.04. The molecule has 27 heavy (non-hydrogen) atoms. The molecule has 2 aromatic rings. The second-order valence-electron chi connectivity index (χ2n) is 7.20. The molecule has 0 fully saturated rings. The van der Waals surface area contributed by atoms with Crippen LogP contribution in [0.2, 0.25) is 5.02 Å². The Morgan fingerprint density at radius 1 is 1.07 bits per heavy atom. The summed E-state index contributed by atoms with van der Waals surface area (Å²) in [4.78, 5) is 12.9. The van der Waals surface area contributed by atoms with E-state index in [0.29, 0.717) is 24.7 Å². The third-order valence-electron chi connectivity index (χ3n) is 4.88. The molecule has 5 nitrogen and oxygen atoms in total. The highest BCUT2D eigenvalue weighted by molar-refractivity contribution is 6.30. The number of fused-ring (bicyclic) bond motifs is 2. The van der Waals surface area contributed by atoms with Crippen molar-refractivity contribution in [1.82, 2.24) is 5.32 Å². The fraction of sp³-hybridized carbons (Fsp3) is 0.381. The van der Waals surface area contributed by atoms with E-state index < -0.39 is 6.10 Å². The Kier molecular flexibility index (Phi) is 4.87. The molecule has 1 N–H and O–H groups in total. The van der Waals surface area contributed by atoms with Crippen molar-refractivity contribution in [3.8, 4) is 17.2 Å². The first-order valence-corrected chi connectivity index (χ1v) is 9.54. The Labute approximate surface area is 163 Å². The van der Waals surface area contributed by atoms with Gasteiger partial charge in [0.2, 0.25) is 0 Å². The van der Waals surface area contributed by atoms with Crippen LogP contribution in [0.15, 0.2) is 36.4 Å². The van der Waals surface area contributed by atoms with Crippen LogP contribution in [-0.2, 0) is 11.2 Å². The molecule has 0 spiro atoms. The molecule has 0 aromatic heterocycles. The first-order chi connectivity index (χ1) is 13.0. The summed E-state index contributed by atoms with van der Waals surface area (Å²) in [7, 11) is 0. The van der Waals surface area contributed by atoms with Crippen LogP contribution < -0.4 is 19.5 Å². The first kappa shape index (κ1) is 18.0. The molecule has 2 aliphatic heterocycles. The number of ether oxygens (including phenoxy) is 3. The Morgan fingerprint density at radius 2 is 1.81 bits per heavy atom. The van der Waals surface area contributed by atoms with Gasteiger partial charge in [-0.05, 0) is 47.4 Å². The fourth-order valence-electron chi connectivity index (χ4n) is 3.50. The summed E-state index contributed by atoms with van der Waals surface area (Å²) in [5.41, 5.74) is 1.95. The molecule has 0 radical (unpaired) electrons. The molecule has 0 saturated heterocycles. The van der Waals surface area contributed by atoms with E-state index in [1.807, 2.05) is 30.3 Å². The molecule has 0 saturated carbocycles. The molecule has 0 bridgehead atoms. The van der Waals surface area contributed by atoms with E-state index in [2.05, 4.69) is 19.2 Å². The van der Waals surface area contributed by atoms with Crippen molar-refractivity contribution in [1.29, 1.82) is 0 Å². The van der Waals surface area contributed by atoms with E-state index in [4.69, 9.17) is 25.8 Å². The molecule has 2 aromatic carbocycles. The second-order valence-corrected chi connectivity index (χ2v) is 7.63. The van der Waals surface area contributed by atoms with Gasteiger partial charge in [-0.15, -0.1) is 0 Å². The van der Waals surface area contributed by atoms with Crippen molar-refractivity contribution in [2.75, 3.05) is 13.2 Å². The number of hydrogen-bond donors (Lipinski definition) is 1. The van der Waals surface area contributed by atoms with Crippen LogP contribution in [0.1, 0.15) is 31.0 Å². The van der Waals surface area contributed by atoms with Gasteiger partial charge in [0.1, 0.15) is 19.0 Å². The van der Waals surface area contributed by atoms with Crippen molar-refractivity contribution in [2.24, 2.45) is 5.92 Å². The van der Waals surface area contributed by atoms with Gasteiger partial charge in [-0.3, -0.25) is 4.79 Å². The smallest absolute Gasteiger partial charge is 0.261 e. The number of rotatable bonds is 4. The van der Waals surface area contributed by atoms with Gasteiger partial charge < -0.3 is 19.5 Å². The lowest BCUT2D eigenvalue weighted by Crippen LogP contribution is -2.41. The first-order valence-electron chi connectivity index (χ1n) is 9.16. The van der Waals surface area contributed by atoms with Crippen molar-refractivity contribution < 1.29 is 19.0 Å². The quantitative estimate of drug-likeness (QED) is 0.863. The molecular weight excluding hydrogens is 366 g/mol. The van der Waals surface area contributed by atoms with Gasteiger partial charge in [-0.2, -0.15) is 0 Å². The summed E-state index contributed by atoms with van der Waals surface area (Å²) in [6.45, 7) is 5.24. The number of halogens is 1. The predicted molar refractivity (Wildman–Crippen MR) is 103 cm³/mol. The summed E-state index contributed by atoms with van der Waals surface area (Å²) in [5, 5.41) is 3.79. The third-order valence-corrected chi connectivity index (χ3v) is 5.11. The summed E-state index contributed by atoms with van der Waals surface area (Å²) in [6, 6.07) is 11.1. The van der Waals surface area contributed by atoms with Crippen LogP contribution in [0, 0.1) is 5.92 Å². The Hall–Kier alpha value is -2.40. The van der Waals surface area contributed by atoms with Crippen LogP contribution >= 0.6 is 11.6 Å². The summed E-state index contributed by atoms with van der Waals surface area (Å²) in [6.07, 6.45) is -0.0230. The average Bonchev–Trinajstić information content (AvgIpc) is 3.08. The largest absolute Gasteiger partial charge is 0.486 e. The predicted octanol–water partition coefficient (Wildman–Crippen LogP) is 3.93. The molecule has 2 aliphatic rings. The average molecular weight is 388 g/mol. The summed E-state index contributed by atoms with van der Waals surface area (Å²) in [5.74, 6) is 2.26. The number of carbonyl (C=O) groups excluding carboxylic acids is 1. The van der Waals surface area contributed by atoms with E-state index in [9.17, 15) is 4.79 Å². The standard InChI is InChI=1S/C21H22ClNO4/c1-12(2)20(13-3-5-17-18(10-13)26-8-7-25-17)23-21(24)19-11-14-9-15(22)4-6-16(14)27-19/h3-6,9-10,12,19-20H,7-8,11H2,1-2H3,(H,23,24)/t19-,20+/m1/s1. The van der Waals surface area contributed by atoms with Crippen LogP contribution in [0.3, 0.4) is 0 Å². The Morgan fingerprint density at radius 3 is 2.59 bits per heavy atom. The Bertz CT molecular complexity index is 867. The Balaban J connectivity index is 1.50. The topological polar surface area (TPSA) is 56.8 Å². The molecule has 1 amide bonds. The minimum Gasteiger partial charge on any atom is -0.486 e. The zero-order chi connectivity index (χ0) is 19.0.